The molecule has 1 N–H and O–H groups in total. The van der Waals surface area contributed by atoms with E-state index in [0.717, 1.165) is 6.54 Å². The quantitative estimate of drug-likeness (QED) is 0.659. The Morgan fingerprint density at radius 1 is 1.33 bits per heavy atom. The number of aromatic amines is 1. The summed E-state index contributed by atoms with van der Waals surface area (Å²) in [5.41, 5.74) is 3.96. The third kappa shape index (κ3) is 2.54. The Morgan fingerprint density at radius 3 is 3.06 bits per heavy atom. The van der Waals surface area contributed by atoms with Crippen LogP contribution < -0.4 is 0 Å². The predicted octanol–water partition coefficient (Wildman–Crippen LogP) is 2.05. The second kappa shape index (κ2) is 5.56. The molecular weight excluding hydrogens is 438 g/mol. The Hall–Kier alpha value is -0.632. The summed E-state index contributed by atoms with van der Waals surface area (Å²) >= 11 is 0.638. The first-order chi connectivity index (χ1) is 8.86. The van der Waals surface area contributed by atoms with E-state index in [4.69, 9.17) is 0 Å². The number of hydrogen-bond acceptors (Lipinski definition) is 2. The van der Waals surface area contributed by atoms with E-state index >= 15 is 0 Å². The zero-order valence-corrected chi connectivity index (χ0v) is 18.6. The topological polar surface area (TPSA) is 46.5 Å². The maximum absolute atomic E-state index is 4.14. The van der Waals surface area contributed by atoms with Gasteiger partial charge in [0.2, 0.25) is 0 Å². The molecule has 0 saturated carbocycles. The van der Waals surface area contributed by atoms with E-state index in [1.807, 2.05) is 4.68 Å². The summed E-state index contributed by atoms with van der Waals surface area (Å²) in [6.07, 6.45) is 6.70. The van der Waals surface area contributed by atoms with E-state index < -0.39 is 0 Å². The van der Waals surface area contributed by atoms with Gasteiger partial charge in [-0.2, -0.15) is 0 Å². The van der Waals surface area contributed by atoms with E-state index in [-0.39, 0.29) is 0 Å². The van der Waals surface area contributed by atoms with Crippen LogP contribution in [0.3, 0.4) is 0 Å². The average molecular weight is 452 g/mol. The molecule has 0 unspecified atom stereocenters. The molecule has 0 aliphatic heterocycles. The van der Waals surface area contributed by atoms with Gasteiger partial charge in [0.15, 0.2) is 0 Å². The van der Waals surface area contributed by atoms with E-state index in [1.54, 1.807) is 12.7 Å². The zero-order chi connectivity index (χ0) is 12.4. The Labute approximate surface area is 135 Å². The molecule has 0 aliphatic carbocycles. The van der Waals surface area contributed by atoms with E-state index in [9.17, 15) is 0 Å². The number of nitrogens with zero attached hydrogens (tertiary/aromatic N) is 3. The molecule has 18 heavy (non-hydrogen) atoms. The van der Waals surface area contributed by atoms with Crippen molar-refractivity contribution in [2.45, 2.75) is 14.4 Å². The van der Waals surface area contributed by atoms with Crippen molar-refractivity contribution in [1.82, 2.24) is 19.7 Å². The molecule has 3 rings (SSSR count). The number of aryl methyl sites for hydroxylation is 1. The molecule has 0 atom stereocenters. The van der Waals surface area contributed by atoms with Crippen LogP contribution in [0.1, 0.15) is 11.1 Å². The predicted molar refractivity (Wildman–Crippen MR) is 67.3 cm³/mol. The van der Waals surface area contributed by atoms with Crippen molar-refractivity contribution < 1.29 is 42.8 Å². The van der Waals surface area contributed by atoms with Crippen molar-refractivity contribution in [2.75, 3.05) is 0 Å². The third-order valence-electron chi connectivity index (χ3n) is 3.16. The maximum atomic E-state index is 4.14. The van der Waals surface area contributed by atoms with Gasteiger partial charge in [0.05, 0.1) is 0 Å². The van der Waals surface area contributed by atoms with E-state index in [1.165, 1.54) is 29.9 Å². The number of hydrogen-bond donors (Lipinski definition) is 1. The van der Waals surface area contributed by atoms with Crippen LogP contribution in [-0.4, -0.2) is 19.7 Å². The Balaban J connectivity index is 1.96. The van der Waals surface area contributed by atoms with Crippen LogP contribution in [0.4, 0.5) is 0 Å². The molecule has 0 saturated heterocycles. The molecule has 0 fully saturated rings. The second-order valence-corrected chi connectivity index (χ2v) is 8.65. The zero-order valence-electron chi connectivity index (χ0n) is 10.4. The summed E-state index contributed by atoms with van der Waals surface area (Å²) in [6, 6.07) is 6.58. The summed E-state index contributed by atoms with van der Waals surface area (Å²) in [5, 5.41) is 5.51. The van der Waals surface area contributed by atoms with Gasteiger partial charge in [-0.25, -0.2) is 0 Å². The van der Waals surface area contributed by atoms with Crippen LogP contribution >= 0.6 is 0 Å². The minimum absolute atomic E-state index is 0.638. The van der Waals surface area contributed by atoms with Crippen LogP contribution in [0.5, 0.6) is 0 Å². The van der Waals surface area contributed by atoms with Gasteiger partial charge in [-0.05, 0) is 0 Å². The summed E-state index contributed by atoms with van der Waals surface area (Å²) in [6.45, 7) is 0.785. The van der Waals surface area contributed by atoms with Crippen molar-refractivity contribution in [3.63, 3.8) is 0 Å². The Bertz CT molecular complexity index is 642. The molecule has 0 aliphatic rings. The van der Waals surface area contributed by atoms with Gasteiger partial charge in [-0.3, -0.25) is 0 Å². The first-order valence-corrected chi connectivity index (χ1v) is 12.1. The number of benzene rings is 1. The molecule has 0 amide bonds. The van der Waals surface area contributed by atoms with Gasteiger partial charge < -0.3 is 0 Å². The number of aromatic nitrogens is 4. The fourth-order valence-corrected chi connectivity index (χ4v) is 4.52. The minimum atomic E-state index is 0.638. The van der Waals surface area contributed by atoms with Crippen LogP contribution in [0, 0.1) is 42.8 Å². The Kier molecular flexibility index (Phi) is 3.83. The van der Waals surface area contributed by atoms with Crippen LogP contribution in [0.15, 0.2) is 37.1 Å². The van der Waals surface area contributed by atoms with Crippen molar-refractivity contribution >= 4 is 10.9 Å². The fraction of sp³-hybridized carbons (Fsp3) is 0.231. The average Bonchev–Trinajstić information content (AvgIpc) is 3.00. The number of H-pyrrole nitrogens is 1. The summed E-state index contributed by atoms with van der Waals surface area (Å²) in [4.78, 5) is 7.32. The summed E-state index contributed by atoms with van der Waals surface area (Å²) < 4.78 is 3.25. The van der Waals surface area contributed by atoms with Crippen molar-refractivity contribution in [2.24, 2.45) is 0 Å². The number of rotatable bonds is 4. The monoisotopic (exact) mass is 452 g/mol. The molecule has 2 aromatic heterocycles. The molecule has 2 heterocycles. The first-order valence-electron chi connectivity index (χ1n) is 6.28. The molecule has 88 valence electrons. The molecule has 4 nitrogen and oxygen atoms in total. The number of fused-ring (bicyclic) bond motifs is 1. The SMILES string of the molecule is [RaH][CH2]Cc1c[nH]c2ccc(Cn3cncn3)cc12. The van der Waals surface area contributed by atoms with Crippen molar-refractivity contribution in [1.29, 1.82) is 0 Å². The van der Waals surface area contributed by atoms with E-state index in [2.05, 4.69) is 39.5 Å². The molecule has 1 aromatic carbocycles. The van der Waals surface area contributed by atoms with Crippen LogP contribution in [0.2, 0.25) is 1.46 Å². The summed E-state index contributed by atoms with van der Waals surface area (Å²) in [7, 11) is 0. The molecule has 0 bridgehead atoms. The van der Waals surface area contributed by atoms with Gasteiger partial charge in [0.1, 0.15) is 0 Å². The first kappa shape index (κ1) is 12.4. The molecule has 0 spiro atoms. The van der Waals surface area contributed by atoms with Crippen LogP contribution in [-0.2, 0) is 13.0 Å². The molecule has 3 aromatic rings. The molecule has 0 radical (unpaired) electrons. The van der Waals surface area contributed by atoms with Gasteiger partial charge >= 0.3 is 136 Å². The van der Waals surface area contributed by atoms with Gasteiger partial charge in [0.25, 0.3) is 0 Å². The number of nitrogens with one attached hydrogen (secondary N) is 1. The van der Waals surface area contributed by atoms with Gasteiger partial charge in [-0.15, -0.1) is 0 Å². The standard InChI is InChI=1S/C13H13N4.Ra.H/c1-2-11-6-15-13-4-3-10(5-12(11)13)7-17-9-14-8-16-17;;/h3-6,8-9,15H,1-2,7H2;;. The molecular formula is C13H14N4Ra. The second-order valence-electron chi connectivity index (χ2n) is 4.54. The van der Waals surface area contributed by atoms with Gasteiger partial charge in [-0.1, -0.05) is 0 Å². The fourth-order valence-electron chi connectivity index (χ4n) is 2.30. The van der Waals surface area contributed by atoms with Crippen molar-refractivity contribution in [3.05, 3.63) is 48.2 Å². The van der Waals surface area contributed by atoms with Crippen molar-refractivity contribution in [3.8, 4) is 0 Å². The van der Waals surface area contributed by atoms with Gasteiger partial charge in [0, 0.05) is 0 Å². The third-order valence-corrected chi connectivity index (χ3v) is 5.22. The normalized spacial score (nSPS) is 11.1. The molecule has 5 heteroatoms. The van der Waals surface area contributed by atoms with E-state index in [0.29, 0.717) is 42.8 Å². The Morgan fingerprint density at radius 2 is 2.28 bits per heavy atom. The van der Waals surface area contributed by atoms with Crippen LogP contribution in [0.25, 0.3) is 10.9 Å². The summed E-state index contributed by atoms with van der Waals surface area (Å²) in [5.74, 6) is 0.